The first-order valence-corrected chi connectivity index (χ1v) is 7.75. The maximum absolute atomic E-state index is 13.9. The Morgan fingerprint density at radius 1 is 1.32 bits per heavy atom. The van der Waals surface area contributed by atoms with Gasteiger partial charge in [-0.25, -0.2) is 4.39 Å². The van der Waals surface area contributed by atoms with E-state index in [1.54, 1.807) is 6.07 Å². The monoisotopic (exact) mass is 327 g/mol. The third kappa shape index (κ3) is 2.86. The zero-order chi connectivity index (χ0) is 13.3. The summed E-state index contributed by atoms with van der Waals surface area (Å²) in [6.07, 6.45) is 4.86. The van der Waals surface area contributed by atoms with Gasteiger partial charge in [0.25, 0.3) is 0 Å². The predicted molar refractivity (Wildman–Crippen MR) is 76.6 cm³/mol. The van der Waals surface area contributed by atoms with Gasteiger partial charge >= 0.3 is 0 Å². The lowest BCUT2D eigenvalue weighted by Crippen LogP contribution is -2.32. The summed E-state index contributed by atoms with van der Waals surface area (Å²) in [5.74, 6) is -0.183. The summed E-state index contributed by atoms with van der Waals surface area (Å²) in [4.78, 5) is 0. The molecular formula is C15H19BrFNO. The van der Waals surface area contributed by atoms with Gasteiger partial charge in [-0.1, -0.05) is 28.8 Å². The summed E-state index contributed by atoms with van der Waals surface area (Å²) in [7, 11) is 0. The Morgan fingerprint density at radius 3 is 2.89 bits per heavy atom. The number of hydrogen-bond acceptors (Lipinski definition) is 2. The lowest BCUT2D eigenvalue weighted by molar-refractivity contribution is 0.0141. The minimum atomic E-state index is -0.183. The van der Waals surface area contributed by atoms with Crippen LogP contribution in [0.25, 0.3) is 0 Å². The molecular weight excluding hydrogens is 309 g/mol. The lowest BCUT2D eigenvalue weighted by Gasteiger charge is -2.26. The van der Waals surface area contributed by atoms with Crippen LogP contribution in [0.5, 0.6) is 0 Å². The molecule has 2 nitrogen and oxygen atoms in total. The second kappa shape index (κ2) is 5.51. The van der Waals surface area contributed by atoms with E-state index >= 15 is 0 Å². The van der Waals surface area contributed by atoms with E-state index in [2.05, 4.69) is 21.2 Å². The molecule has 0 radical (unpaired) electrons. The molecule has 3 rings (SSSR count). The van der Waals surface area contributed by atoms with Crippen LogP contribution >= 0.6 is 15.9 Å². The van der Waals surface area contributed by atoms with Gasteiger partial charge in [0.15, 0.2) is 0 Å². The Balaban J connectivity index is 1.77. The molecule has 1 atom stereocenters. The molecule has 1 aromatic carbocycles. The summed E-state index contributed by atoms with van der Waals surface area (Å²) in [6.45, 7) is 2.44. The van der Waals surface area contributed by atoms with Crippen molar-refractivity contribution in [1.82, 2.24) is 5.32 Å². The fourth-order valence-electron chi connectivity index (χ4n) is 3.26. The molecule has 0 bridgehead atoms. The van der Waals surface area contributed by atoms with Crippen molar-refractivity contribution in [2.24, 2.45) is 5.41 Å². The second-order valence-electron chi connectivity index (χ2n) is 5.80. The smallest absolute Gasteiger partial charge is 0.129 e. The zero-order valence-corrected chi connectivity index (χ0v) is 12.5. The number of nitrogens with one attached hydrogen (secondary N) is 1. The van der Waals surface area contributed by atoms with Crippen molar-refractivity contribution in [2.75, 3.05) is 19.7 Å². The first kappa shape index (κ1) is 13.5. The highest BCUT2D eigenvalue weighted by atomic mass is 79.9. The lowest BCUT2D eigenvalue weighted by atomic mass is 9.87. The SMILES string of the molecule is Fc1ccc(Br)cc1C1CNCC2(CCCC2)CO1. The molecule has 1 aliphatic carbocycles. The third-order valence-corrected chi connectivity index (χ3v) is 4.88. The number of halogens is 2. The number of ether oxygens (including phenoxy) is 1. The van der Waals surface area contributed by atoms with E-state index in [1.165, 1.54) is 31.7 Å². The first-order valence-electron chi connectivity index (χ1n) is 6.96. The molecule has 2 fully saturated rings. The van der Waals surface area contributed by atoms with Crippen LogP contribution in [0, 0.1) is 11.2 Å². The van der Waals surface area contributed by atoms with E-state index in [0.29, 0.717) is 12.1 Å². The van der Waals surface area contributed by atoms with Crippen LogP contribution in [0.3, 0.4) is 0 Å². The highest BCUT2D eigenvalue weighted by Gasteiger charge is 2.37. The van der Waals surface area contributed by atoms with Gasteiger partial charge in [0.1, 0.15) is 5.82 Å². The van der Waals surface area contributed by atoms with Gasteiger partial charge in [0.2, 0.25) is 0 Å². The molecule has 4 heteroatoms. The Morgan fingerprint density at radius 2 is 2.11 bits per heavy atom. The van der Waals surface area contributed by atoms with Crippen LogP contribution in [0.2, 0.25) is 0 Å². The molecule has 19 heavy (non-hydrogen) atoms. The highest BCUT2D eigenvalue weighted by Crippen LogP contribution is 2.40. The van der Waals surface area contributed by atoms with Gasteiger partial charge in [0.05, 0.1) is 12.7 Å². The fraction of sp³-hybridized carbons (Fsp3) is 0.600. The molecule has 0 amide bonds. The second-order valence-corrected chi connectivity index (χ2v) is 6.72. The maximum Gasteiger partial charge on any atom is 0.129 e. The van der Waals surface area contributed by atoms with E-state index in [9.17, 15) is 4.39 Å². The average molecular weight is 328 g/mol. The molecule has 1 heterocycles. The molecule has 1 N–H and O–H groups in total. The van der Waals surface area contributed by atoms with Crippen molar-refractivity contribution in [1.29, 1.82) is 0 Å². The van der Waals surface area contributed by atoms with Crippen molar-refractivity contribution in [3.05, 3.63) is 34.1 Å². The fourth-order valence-corrected chi connectivity index (χ4v) is 3.64. The van der Waals surface area contributed by atoms with Crippen LogP contribution in [0.15, 0.2) is 22.7 Å². The number of benzene rings is 1. The van der Waals surface area contributed by atoms with E-state index in [4.69, 9.17) is 4.74 Å². The van der Waals surface area contributed by atoms with Crippen molar-refractivity contribution in [3.8, 4) is 0 Å². The number of rotatable bonds is 1. The topological polar surface area (TPSA) is 21.3 Å². The zero-order valence-electron chi connectivity index (χ0n) is 10.9. The Hall–Kier alpha value is -0.450. The molecule has 1 saturated carbocycles. The number of hydrogen-bond donors (Lipinski definition) is 1. The van der Waals surface area contributed by atoms with E-state index < -0.39 is 0 Å². The maximum atomic E-state index is 13.9. The van der Waals surface area contributed by atoms with Crippen LogP contribution in [-0.2, 0) is 4.74 Å². The van der Waals surface area contributed by atoms with Crippen LogP contribution < -0.4 is 5.32 Å². The Kier molecular flexibility index (Phi) is 3.92. The van der Waals surface area contributed by atoms with Crippen molar-refractivity contribution >= 4 is 15.9 Å². The van der Waals surface area contributed by atoms with E-state index in [-0.39, 0.29) is 17.3 Å². The first-order chi connectivity index (χ1) is 9.19. The molecule has 104 valence electrons. The average Bonchev–Trinajstić information content (AvgIpc) is 2.75. The Labute approximate surface area is 121 Å². The quantitative estimate of drug-likeness (QED) is 0.846. The van der Waals surface area contributed by atoms with Crippen LogP contribution in [0.4, 0.5) is 4.39 Å². The normalized spacial score (nSPS) is 26.5. The largest absolute Gasteiger partial charge is 0.371 e. The van der Waals surface area contributed by atoms with E-state index in [1.807, 2.05) is 6.07 Å². The van der Waals surface area contributed by atoms with Gasteiger partial charge in [-0.2, -0.15) is 0 Å². The van der Waals surface area contributed by atoms with E-state index in [0.717, 1.165) is 17.6 Å². The van der Waals surface area contributed by atoms with Gasteiger partial charge in [-0.15, -0.1) is 0 Å². The van der Waals surface area contributed by atoms with Gasteiger partial charge < -0.3 is 10.1 Å². The van der Waals surface area contributed by atoms with Crippen molar-refractivity contribution in [3.63, 3.8) is 0 Å². The summed E-state index contributed by atoms with van der Waals surface area (Å²) >= 11 is 3.40. The molecule has 0 aromatic heterocycles. The summed E-state index contributed by atoms with van der Waals surface area (Å²) in [6, 6.07) is 5.05. The minimum absolute atomic E-state index is 0.183. The molecule has 1 aliphatic heterocycles. The molecule has 1 unspecified atom stereocenters. The predicted octanol–water partition coefficient (Wildman–Crippen LogP) is 3.81. The molecule has 1 aromatic rings. The molecule has 1 saturated heterocycles. The van der Waals surface area contributed by atoms with Gasteiger partial charge in [0, 0.05) is 28.5 Å². The third-order valence-electron chi connectivity index (χ3n) is 4.39. The van der Waals surface area contributed by atoms with Crippen molar-refractivity contribution < 1.29 is 9.13 Å². The minimum Gasteiger partial charge on any atom is -0.371 e. The summed E-state index contributed by atoms with van der Waals surface area (Å²) < 4.78 is 20.9. The summed E-state index contributed by atoms with van der Waals surface area (Å²) in [5.41, 5.74) is 0.939. The molecule has 1 spiro atoms. The van der Waals surface area contributed by atoms with Crippen molar-refractivity contribution in [2.45, 2.75) is 31.8 Å². The van der Waals surface area contributed by atoms with Gasteiger partial charge in [-0.05, 0) is 31.0 Å². The van der Waals surface area contributed by atoms with Crippen LogP contribution in [-0.4, -0.2) is 19.7 Å². The van der Waals surface area contributed by atoms with Gasteiger partial charge in [-0.3, -0.25) is 0 Å². The highest BCUT2D eigenvalue weighted by molar-refractivity contribution is 9.10. The standard InChI is InChI=1S/C15H19BrFNO/c16-11-3-4-13(17)12(7-11)14-8-18-9-15(10-19-14)5-1-2-6-15/h3-4,7,14,18H,1-2,5-6,8-10H2. The van der Waals surface area contributed by atoms with Crippen LogP contribution in [0.1, 0.15) is 37.4 Å². The summed E-state index contributed by atoms with van der Waals surface area (Å²) in [5, 5.41) is 3.47. The Bertz CT molecular complexity index is 459. The molecule has 2 aliphatic rings.